The van der Waals surface area contributed by atoms with Crippen LogP contribution in [-0.4, -0.2) is 68.1 Å². The van der Waals surface area contributed by atoms with Crippen molar-refractivity contribution in [2.45, 2.75) is 211 Å². The molecular weight excluding hydrogens is 544 g/mol. The number of hydrogen-bond acceptors (Lipinski definition) is 7. The molecule has 6 unspecified atom stereocenters. The van der Waals surface area contributed by atoms with Crippen molar-refractivity contribution >= 4 is 5.97 Å². The Bertz CT molecular complexity index is 697. The molecule has 1 heterocycles. The molecule has 7 nitrogen and oxygen atoms in total. The number of rotatable bonds is 30. The van der Waals surface area contributed by atoms with Crippen LogP contribution in [0.5, 0.6) is 0 Å². The fraction of sp³-hybridized carbons (Fsp3) is 0.917. The van der Waals surface area contributed by atoms with Gasteiger partial charge in [0.15, 0.2) is 0 Å². The fourth-order valence-corrected chi connectivity index (χ4v) is 6.06. The van der Waals surface area contributed by atoms with Gasteiger partial charge in [-0.3, -0.25) is 0 Å². The third kappa shape index (κ3) is 22.2. The van der Waals surface area contributed by atoms with E-state index >= 15 is 0 Å². The quantitative estimate of drug-likeness (QED) is 0.0421. The molecule has 7 heteroatoms. The summed E-state index contributed by atoms with van der Waals surface area (Å²) in [5.41, 5.74) is 0.565. The van der Waals surface area contributed by atoms with Gasteiger partial charge in [0.2, 0.25) is 0 Å². The van der Waals surface area contributed by atoms with Crippen LogP contribution < -0.4 is 0 Å². The molecule has 0 aliphatic carbocycles. The summed E-state index contributed by atoms with van der Waals surface area (Å²) in [6, 6.07) is 0. The van der Waals surface area contributed by atoms with E-state index in [9.17, 15) is 30.3 Å². The van der Waals surface area contributed by atoms with Crippen molar-refractivity contribution in [1.82, 2.24) is 0 Å². The Kier molecular flexibility index (Phi) is 24.4. The molecule has 0 amide bonds. The standard InChI is InChI=1S/C36H68O7/c1-3-4-5-6-7-8-9-10-11-12-13-15-21-32(38)25-26-35(41)34(40)24-19-18-22-31(37)20-16-14-17-23-33(39)28-30-27-29(2)43-36(30)42/h27,29,31-35,37-41H,3-26,28H2,1-2H3. The maximum atomic E-state index is 11.6. The third-order valence-electron chi connectivity index (χ3n) is 8.94. The highest BCUT2D eigenvalue weighted by atomic mass is 16.5. The second-order valence-corrected chi connectivity index (χ2v) is 13.3. The Balaban J connectivity index is 1.92. The zero-order valence-corrected chi connectivity index (χ0v) is 27.8. The number of carbonyl (C=O) groups excluding carboxylic acids is 1. The first-order valence-corrected chi connectivity index (χ1v) is 18.0. The summed E-state index contributed by atoms with van der Waals surface area (Å²) >= 11 is 0. The van der Waals surface area contributed by atoms with E-state index in [0.717, 1.165) is 51.4 Å². The normalized spacial score (nSPS) is 18.7. The Morgan fingerprint density at radius 3 is 1.47 bits per heavy atom. The van der Waals surface area contributed by atoms with Gasteiger partial charge in [-0.15, -0.1) is 0 Å². The molecular formula is C36H68O7. The fourth-order valence-electron chi connectivity index (χ4n) is 6.06. The van der Waals surface area contributed by atoms with Crippen LogP contribution in [0.4, 0.5) is 0 Å². The lowest BCUT2D eigenvalue weighted by atomic mass is 9.97. The summed E-state index contributed by atoms with van der Waals surface area (Å²) in [5.74, 6) is -0.323. The SMILES string of the molecule is CCCCCCCCCCCCCCC(O)CCC(O)C(O)CCCCC(O)CCCCCC(O)CC1=CC(C)OC1=O. The Hall–Kier alpha value is -0.990. The number of aliphatic hydroxyl groups is 5. The van der Waals surface area contributed by atoms with Gasteiger partial charge in [-0.05, 0) is 57.9 Å². The van der Waals surface area contributed by atoms with Crippen LogP contribution in [0.1, 0.15) is 174 Å². The molecule has 5 N–H and O–H groups in total. The molecule has 0 fully saturated rings. The van der Waals surface area contributed by atoms with Gasteiger partial charge in [0, 0.05) is 12.0 Å². The number of carbonyl (C=O) groups is 1. The largest absolute Gasteiger partial charge is 0.455 e. The van der Waals surface area contributed by atoms with E-state index in [0.29, 0.717) is 50.5 Å². The summed E-state index contributed by atoms with van der Waals surface area (Å²) in [7, 11) is 0. The van der Waals surface area contributed by atoms with Gasteiger partial charge in [-0.25, -0.2) is 4.79 Å². The van der Waals surface area contributed by atoms with Crippen LogP contribution in [0.3, 0.4) is 0 Å². The second-order valence-electron chi connectivity index (χ2n) is 13.3. The highest BCUT2D eigenvalue weighted by Crippen LogP contribution is 2.21. The molecule has 254 valence electrons. The topological polar surface area (TPSA) is 127 Å². The van der Waals surface area contributed by atoms with Crippen molar-refractivity contribution in [1.29, 1.82) is 0 Å². The van der Waals surface area contributed by atoms with Gasteiger partial charge in [0.1, 0.15) is 6.10 Å². The van der Waals surface area contributed by atoms with E-state index in [1.165, 1.54) is 64.2 Å². The van der Waals surface area contributed by atoms with Crippen LogP contribution in [-0.2, 0) is 9.53 Å². The minimum atomic E-state index is -0.809. The molecule has 0 aromatic heterocycles. The summed E-state index contributed by atoms with van der Waals surface area (Å²) in [4.78, 5) is 11.6. The van der Waals surface area contributed by atoms with E-state index < -0.39 is 24.4 Å². The number of aliphatic hydroxyl groups excluding tert-OH is 5. The van der Waals surface area contributed by atoms with Crippen LogP contribution >= 0.6 is 0 Å². The first-order chi connectivity index (χ1) is 20.7. The Morgan fingerprint density at radius 2 is 0.953 bits per heavy atom. The Morgan fingerprint density at radius 1 is 0.558 bits per heavy atom. The zero-order valence-electron chi connectivity index (χ0n) is 27.8. The van der Waals surface area contributed by atoms with Crippen molar-refractivity contribution in [3.8, 4) is 0 Å². The molecule has 0 saturated carbocycles. The summed E-state index contributed by atoms with van der Waals surface area (Å²) < 4.78 is 5.06. The smallest absolute Gasteiger partial charge is 0.334 e. The van der Waals surface area contributed by atoms with Gasteiger partial charge in [0.05, 0.1) is 30.5 Å². The predicted octanol–water partition coefficient (Wildman–Crippen LogP) is 7.44. The number of esters is 1. The molecule has 1 rings (SSSR count). The summed E-state index contributed by atoms with van der Waals surface area (Å²) in [6.07, 6.45) is 23.0. The molecule has 0 saturated heterocycles. The van der Waals surface area contributed by atoms with Crippen LogP contribution in [0, 0.1) is 0 Å². The van der Waals surface area contributed by atoms with E-state index in [-0.39, 0.29) is 18.2 Å². The third-order valence-corrected chi connectivity index (χ3v) is 8.94. The maximum Gasteiger partial charge on any atom is 0.334 e. The summed E-state index contributed by atoms with van der Waals surface area (Å²) in [6.45, 7) is 4.07. The Labute approximate surface area is 263 Å². The van der Waals surface area contributed by atoms with Crippen molar-refractivity contribution in [2.75, 3.05) is 0 Å². The molecule has 0 spiro atoms. The van der Waals surface area contributed by atoms with E-state index in [1.54, 1.807) is 6.08 Å². The highest BCUT2D eigenvalue weighted by Gasteiger charge is 2.24. The molecule has 43 heavy (non-hydrogen) atoms. The van der Waals surface area contributed by atoms with Crippen LogP contribution in [0.2, 0.25) is 0 Å². The van der Waals surface area contributed by atoms with Gasteiger partial charge < -0.3 is 30.3 Å². The van der Waals surface area contributed by atoms with E-state index in [4.69, 9.17) is 4.74 Å². The lowest BCUT2D eigenvalue weighted by Gasteiger charge is -2.19. The van der Waals surface area contributed by atoms with Gasteiger partial charge in [-0.2, -0.15) is 0 Å². The highest BCUT2D eigenvalue weighted by molar-refractivity contribution is 5.90. The molecule has 0 radical (unpaired) electrons. The van der Waals surface area contributed by atoms with Gasteiger partial charge >= 0.3 is 5.97 Å². The zero-order chi connectivity index (χ0) is 31.7. The van der Waals surface area contributed by atoms with Crippen LogP contribution in [0.25, 0.3) is 0 Å². The number of unbranched alkanes of at least 4 members (excludes halogenated alkanes) is 14. The predicted molar refractivity (Wildman–Crippen MR) is 175 cm³/mol. The van der Waals surface area contributed by atoms with Crippen molar-refractivity contribution in [3.63, 3.8) is 0 Å². The van der Waals surface area contributed by atoms with E-state index in [1.807, 2.05) is 6.92 Å². The number of cyclic esters (lactones) is 1. The molecule has 1 aliphatic rings. The lowest BCUT2D eigenvalue weighted by Crippen LogP contribution is -2.27. The minimum Gasteiger partial charge on any atom is -0.455 e. The second kappa shape index (κ2) is 26.2. The monoisotopic (exact) mass is 612 g/mol. The molecule has 6 atom stereocenters. The average Bonchev–Trinajstić information content (AvgIpc) is 3.29. The van der Waals surface area contributed by atoms with Crippen LogP contribution in [0.15, 0.2) is 11.6 Å². The number of ether oxygens (including phenoxy) is 1. The molecule has 1 aliphatic heterocycles. The first-order valence-electron chi connectivity index (χ1n) is 18.0. The van der Waals surface area contributed by atoms with Gasteiger partial charge in [0.25, 0.3) is 0 Å². The van der Waals surface area contributed by atoms with Crippen molar-refractivity contribution in [2.24, 2.45) is 0 Å². The summed E-state index contributed by atoms with van der Waals surface area (Å²) in [5, 5.41) is 51.3. The van der Waals surface area contributed by atoms with Gasteiger partial charge in [-0.1, -0.05) is 116 Å². The lowest BCUT2D eigenvalue weighted by molar-refractivity contribution is -0.139. The molecule has 0 aromatic rings. The average molecular weight is 613 g/mol. The molecule has 0 bridgehead atoms. The van der Waals surface area contributed by atoms with E-state index in [2.05, 4.69) is 6.92 Å². The van der Waals surface area contributed by atoms with Crippen molar-refractivity contribution < 1.29 is 35.1 Å². The molecule has 0 aromatic carbocycles. The minimum absolute atomic E-state index is 0.206. The number of hydrogen-bond donors (Lipinski definition) is 5. The first kappa shape index (κ1) is 40.0. The van der Waals surface area contributed by atoms with Crippen molar-refractivity contribution in [3.05, 3.63) is 11.6 Å². The maximum absolute atomic E-state index is 11.6.